The molecule has 0 fully saturated rings. The van der Waals surface area contributed by atoms with Crippen LogP contribution in [0.5, 0.6) is 0 Å². The van der Waals surface area contributed by atoms with Gasteiger partial charge in [0.25, 0.3) is 0 Å². The topological polar surface area (TPSA) is 55.9 Å². The highest BCUT2D eigenvalue weighted by molar-refractivity contribution is 9.10. The Kier molecular flexibility index (Phi) is 4.42. The summed E-state index contributed by atoms with van der Waals surface area (Å²) in [5, 5.41) is 4.48. The highest BCUT2D eigenvalue weighted by atomic mass is 79.9. The second-order valence-corrected chi connectivity index (χ2v) is 6.44. The molecular formula is C16H21BrN4. The lowest BCUT2D eigenvalue weighted by molar-refractivity contribution is 0.412. The van der Waals surface area contributed by atoms with Gasteiger partial charge in [-0.3, -0.25) is 16.0 Å². The molecule has 2 unspecified atom stereocenters. The smallest absolute Gasteiger partial charge is 0.0715 e. The SMILES string of the molecule is CCCn1ncc(Br)c1C(NN)C1CCc2ccccc21. The van der Waals surface area contributed by atoms with Crippen LogP contribution < -0.4 is 11.3 Å². The maximum absolute atomic E-state index is 5.92. The van der Waals surface area contributed by atoms with Crippen LogP contribution in [-0.2, 0) is 13.0 Å². The van der Waals surface area contributed by atoms with Crippen molar-refractivity contribution >= 4 is 15.9 Å². The van der Waals surface area contributed by atoms with Gasteiger partial charge >= 0.3 is 0 Å². The van der Waals surface area contributed by atoms with Gasteiger partial charge in [-0.15, -0.1) is 0 Å². The Balaban J connectivity index is 1.99. The lowest BCUT2D eigenvalue weighted by Gasteiger charge is -2.25. The molecule has 3 N–H and O–H groups in total. The minimum atomic E-state index is 0.0806. The summed E-state index contributed by atoms with van der Waals surface area (Å²) in [6.07, 6.45) is 5.17. The van der Waals surface area contributed by atoms with Crippen molar-refractivity contribution in [2.24, 2.45) is 5.84 Å². The van der Waals surface area contributed by atoms with Crippen LogP contribution in [0.15, 0.2) is 34.9 Å². The fraction of sp³-hybridized carbons (Fsp3) is 0.438. The van der Waals surface area contributed by atoms with Crippen molar-refractivity contribution < 1.29 is 0 Å². The summed E-state index contributed by atoms with van der Waals surface area (Å²) >= 11 is 3.64. The van der Waals surface area contributed by atoms with E-state index in [1.165, 1.54) is 11.1 Å². The molecule has 1 aromatic heterocycles. The normalized spacial score (nSPS) is 18.7. The molecule has 0 saturated heterocycles. The number of fused-ring (bicyclic) bond motifs is 1. The summed E-state index contributed by atoms with van der Waals surface area (Å²) in [4.78, 5) is 0. The molecule has 0 spiro atoms. The molecule has 2 atom stereocenters. The molecule has 0 saturated carbocycles. The van der Waals surface area contributed by atoms with Gasteiger partial charge in [-0.25, -0.2) is 0 Å². The number of nitrogens with one attached hydrogen (secondary N) is 1. The van der Waals surface area contributed by atoms with Gasteiger partial charge in [-0.2, -0.15) is 5.10 Å². The predicted molar refractivity (Wildman–Crippen MR) is 87.8 cm³/mol. The van der Waals surface area contributed by atoms with Crippen molar-refractivity contribution in [3.63, 3.8) is 0 Å². The molecular weight excluding hydrogens is 328 g/mol. The van der Waals surface area contributed by atoms with Crippen LogP contribution in [0.1, 0.15) is 48.5 Å². The number of hydrazine groups is 1. The number of halogens is 1. The minimum absolute atomic E-state index is 0.0806. The van der Waals surface area contributed by atoms with E-state index < -0.39 is 0 Å². The molecule has 21 heavy (non-hydrogen) atoms. The number of rotatable bonds is 5. The maximum atomic E-state index is 5.92. The van der Waals surface area contributed by atoms with Crippen LogP contribution >= 0.6 is 15.9 Å². The van der Waals surface area contributed by atoms with Crippen LogP contribution in [0.4, 0.5) is 0 Å². The Labute approximate surface area is 133 Å². The first-order chi connectivity index (χ1) is 10.3. The van der Waals surface area contributed by atoms with Crippen molar-refractivity contribution in [2.45, 2.75) is 44.7 Å². The minimum Gasteiger partial charge on any atom is -0.271 e. The quantitative estimate of drug-likeness (QED) is 0.643. The molecule has 0 aliphatic heterocycles. The molecule has 1 aliphatic carbocycles. The van der Waals surface area contributed by atoms with Crippen molar-refractivity contribution in [3.05, 3.63) is 51.8 Å². The van der Waals surface area contributed by atoms with Crippen LogP contribution in [0.2, 0.25) is 0 Å². The van der Waals surface area contributed by atoms with E-state index in [2.05, 4.69) is 62.3 Å². The number of nitrogens with zero attached hydrogens (tertiary/aromatic N) is 2. The lowest BCUT2D eigenvalue weighted by atomic mass is 9.91. The Morgan fingerprint density at radius 3 is 3.05 bits per heavy atom. The third kappa shape index (κ3) is 2.65. The van der Waals surface area contributed by atoms with Crippen LogP contribution in [-0.4, -0.2) is 9.78 Å². The number of hydrogen-bond donors (Lipinski definition) is 2. The van der Waals surface area contributed by atoms with E-state index in [1.54, 1.807) is 0 Å². The Morgan fingerprint density at radius 2 is 2.29 bits per heavy atom. The van der Waals surface area contributed by atoms with E-state index in [-0.39, 0.29) is 6.04 Å². The van der Waals surface area contributed by atoms with E-state index in [1.807, 2.05) is 6.20 Å². The molecule has 0 amide bonds. The van der Waals surface area contributed by atoms with Crippen LogP contribution in [0.3, 0.4) is 0 Å². The summed E-state index contributed by atoms with van der Waals surface area (Å²) < 4.78 is 3.10. The summed E-state index contributed by atoms with van der Waals surface area (Å²) in [6, 6.07) is 8.76. The first kappa shape index (κ1) is 14.8. The van der Waals surface area contributed by atoms with Crippen LogP contribution in [0, 0.1) is 0 Å². The standard InChI is InChI=1S/C16H21BrN4/c1-2-9-21-16(14(17)10-19-21)15(20-18)13-8-7-11-5-3-4-6-12(11)13/h3-6,10,13,15,20H,2,7-9,18H2,1H3. The highest BCUT2D eigenvalue weighted by Gasteiger charge is 2.33. The number of aromatic nitrogens is 2. The van der Waals surface area contributed by atoms with Crippen molar-refractivity contribution in [1.29, 1.82) is 0 Å². The van der Waals surface area contributed by atoms with Crippen molar-refractivity contribution in [3.8, 4) is 0 Å². The molecule has 0 radical (unpaired) electrons. The first-order valence-corrected chi connectivity index (χ1v) is 8.30. The van der Waals surface area contributed by atoms with Gasteiger partial charge in [0.15, 0.2) is 0 Å². The third-order valence-corrected chi connectivity index (χ3v) is 4.94. The maximum Gasteiger partial charge on any atom is 0.0715 e. The van der Waals surface area contributed by atoms with Crippen molar-refractivity contribution in [2.75, 3.05) is 0 Å². The average Bonchev–Trinajstić information content (AvgIpc) is 3.07. The summed E-state index contributed by atoms with van der Waals surface area (Å²) in [5.74, 6) is 6.32. The Hall–Kier alpha value is -1.17. The number of nitrogens with two attached hydrogens (primary N) is 1. The number of benzene rings is 1. The Morgan fingerprint density at radius 1 is 1.48 bits per heavy atom. The van der Waals surface area contributed by atoms with Gasteiger partial charge < -0.3 is 0 Å². The molecule has 3 rings (SSSR count). The van der Waals surface area contributed by atoms with Gasteiger partial charge in [0.05, 0.1) is 22.4 Å². The molecule has 5 heteroatoms. The van der Waals surface area contributed by atoms with E-state index in [0.717, 1.165) is 36.0 Å². The van der Waals surface area contributed by atoms with Gasteiger partial charge in [0.1, 0.15) is 0 Å². The second-order valence-electron chi connectivity index (χ2n) is 5.59. The fourth-order valence-electron chi connectivity index (χ4n) is 3.39. The molecule has 1 aliphatic rings. The van der Waals surface area contributed by atoms with E-state index >= 15 is 0 Å². The van der Waals surface area contributed by atoms with Gasteiger partial charge in [-0.1, -0.05) is 31.2 Å². The highest BCUT2D eigenvalue weighted by Crippen LogP contribution is 2.42. The number of aryl methyl sites for hydroxylation is 2. The number of hydrogen-bond acceptors (Lipinski definition) is 3. The zero-order valence-electron chi connectivity index (χ0n) is 12.2. The fourth-order valence-corrected chi connectivity index (χ4v) is 3.94. The summed E-state index contributed by atoms with van der Waals surface area (Å²) in [6.45, 7) is 3.07. The molecule has 0 bridgehead atoms. The molecule has 112 valence electrons. The monoisotopic (exact) mass is 348 g/mol. The van der Waals surface area contributed by atoms with Crippen molar-refractivity contribution in [1.82, 2.24) is 15.2 Å². The first-order valence-electron chi connectivity index (χ1n) is 7.51. The van der Waals surface area contributed by atoms with Gasteiger partial charge in [-0.05, 0) is 46.3 Å². The third-order valence-electron chi connectivity index (χ3n) is 4.32. The summed E-state index contributed by atoms with van der Waals surface area (Å²) in [7, 11) is 0. The lowest BCUT2D eigenvalue weighted by Crippen LogP contribution is -2.34. The molecule has 1 heterocycles. The van der Waals surface area contributed by atoms with E-state index in [0.29, 0.717) is 5.92 Å². The largest absolute Gasteiger partial charge is 0.271 e. The van der Waals surface area contributed by atoms with Gasteiger partial charge in [0, 0.05) is 12.5 Å². The zero-order chi connectivity index (χ0) is 14.8. The molecule has 1 aromatic carbocycles. The molecule has 2 aromatic rings. The average molecular weight is 349 g/mol. The van der Waals surface area contributed by atoms with Crippen LogP contribution in [0.25, 0.3) is 0 Å². The summed E-state index contributed by atoms with van der Waals surface area (Å²) in [5.41, 5.74) is 7.05. The molecule has 4 nitrogen and oxygen atoms in total. The Bertz CT molecular complexity index is 622. The van der Waals surface area contributed by atoms with E-state index in [4.69, 9.17) is 5.84 Å². The van der Waals surface area contributed by atoms with E-state index in [9.17, 15) is 0 Å². The zero-order valence-corrected chi connectivity index (χ0v) is 13.8. The predicted octanol–water partition coefficient (Wildman–Crippen LogP) is 3.29. The van der Waals surface area contributed by atoms with Gasteiger partial charge in [0.2, 0.25) is 0 Å². The second kappa shape index (κ2) is 6.30.